The standard InChI is InChI=1S/C13H15NO4/c15-12-7-18-6-11(12)14-5-9(13(16)17)8-3-1-2-4-10(8)14/h1-4,9,11-12,15H,5-7H2,(H,16,17). The van der Waals surface area contributed by atoms with Crippen molar-refractivity contribution in [3.8, 4) is 0 Å². The van der Waals surface area contributed by atoms with E-state index in [0.29, 0.717) is 19.8 Å². The number of aliphatic hydroxyl groups is 1. The van der Waals surface area contributed by atoms with Crippen LogP contribution in [0.15, 0.2) is 24.3 Å². The third kappa shape index (κ3) is 1.67. The van der Waals surface area contributed by atoms with E-state index in [4.69, 9.17) is 4.74 Å². The topological polar surface area (TPSA) is 70.0 Å². The van der Waals surface area contributed by atoms with Gasteiger partial charge in [0, 0.05) is 12.2 Å². The summed E-state index contributed by atoms with van der Waals surface area (Å²) in [6.45, 7) is 1.17. The predicted octanol–water partition coefficient (Wildman–Crippen LogP) is 0.434. The molecule has 96 valence electrons. The molecule has 0 bridgehead atoms. The Kier molecular flexibility index (Phi) is 2.72. The van der Waals surface area contributed by atoms with Crippen molar-refractivity contribution in [1.82, 2.24) is 0 Å². The van der Waals surface area contributed by atoms with Crippen LogP contribution in [0.5, 0.6) is 0 Å². The molecule has 0 aliphatic carbocycles. The summed E-state index contributed by atoms with van der Waals surface area (Å²) in [7, 11) is 0. The lowest BCUT2D eigenvalue weighted by Crippen LogP contribution is -2.43. The molecule has 18 heavy (non-hydrogen) atoms. The van der Waals surface area contributed by atoms with Gasteiger partial charge < -0.3 is 19.8 Å². The van der Waals surface area contributed by atoms with Crippen molar-refractivity contribution in [1.29, 1.82) is 0 Å². The first-order valence-electron chi connectivity index (χ1n) is 6.02. The number of hydrogen-bond acceptors (Lipinski definition) is 4. The highest BCUT2D eigenvalue weighted by Crippen LogP contribution is 2.38. The van der Waals surface area contributed by atoms with Crippen molar-refractivity contribution in [2.24, 2.45) is 0 Å². The van der Waals surface area contributed by atoms with Gasteiger partial charge in [0.25, 0.3) is 0 Å². The molecule has 2 aliphatic heterocycles. The Balaban J connectivity index is 1.96. The lowest BCUT2D eigenvalue weighted by Gasteiger charge is -2.28. The van der Waals surface area contributed by atoms with Crippen LogP contribution in [0.3, 0.4) is 0 Å². The van der Waals surface area contributed by atoms with Gasteiger partial charge in [-0.05, 0) is 11.6 Å². The third-order valence-corrected chi connectivity index (χ3v) is 3.72. The van der Waals surface area contributed by atoms with E-state index in [0.717, 1.165) is 11.3 Å². The summed E-state index contributed by atoms with van der Waals surface area (Å²) in [5.74, 6) is -1.34. The van der Waals surface area contributed by atoms with Crippen LogP contribution in [0.2, 0.25) is 0 Å². The van der Waals surface area contributed by atoms with Crippen molar-refractivity contribution < 1.29 is 19.7 Å². The van der Waals surface area contributed by atoms with E-state index < -0.39 is 18.0 Å². The van der Waals surface area contributed by atoms with Gasteiger partial charge in [0.2, 0.25) is 0 Å². The van der Waals surface area contributed by atoms with Crippen molar-refractivity contribution in [2.75, 3.05) is 24.7 Å². The molecule has 1 fully saturated rings. The zero-order chi connectivity index (χ0) is 12.7. The molecule has 5 heteroatoms. The molecule has 1 aromatic carbocycles. The summed E-state index contributed by atoms with van der Waals surface area (Å²) in [6.07, 6.45) is -0.550. The van der Waals surface area contributed by atoms with E-state index in [2.05, 4.69) is 0 Å². The number of fused-ring (bicyclic) bond motifs is 1. The van der Waals surface area contributed by atoms with Gasteiger partial charge in [-0.1, -0.05) is 18.2 Å². The average Bonchev–Trinajstić information content (AvgIpc) is 2.92. The number of carboxylic acids is 1. The summed E-state index contributed by atoms with van der Waals surface area (Å²) in [4.78, 5) is 13.2. The van der Waals surface area contributed by atoms with E-state index in [-0.39, 0.29) is 6.04 Å². The Morgan fingerprint density at radius 2 is 2.11 bits per heavy atom. The number of benzene rings is 1. The quantitative estimate of drug-likeness (QED) is 0.795. The van der Waals surface area contributed by atoms with Crippen LogP contribution < -0.4 is 4.90 Å². The largest absolute Gasteiger partial charge is 0.481 e. The van der Waals surface area contributed by atoms with Gasteiger partial charge >= 0.3 is 5.97 Å². The molecule has 0 radical (unpaired) electrons. The number of aliphatic carboxylic acids is 1. The summed E-state index contributed by atoms with van der Waals surface area (Å²) in [5, 5.41) is 19.2. The first-order chi connectivity index (χ1) is 8.68. The van der Waals surface area contributed by atoms with E-state index in [9.17, 15) is 15.0 Å². The smallest absolute Gasteiger partial charge is 0.312 e. The van der Waals surface area contributed by atoms with Crippen LogP contribution in [0.4, 0.5) is 5.69 Å². The maximum atomic E-state index is 11.3. The molecular formula is C13H15NO4. The predicted molar refractivity (Wildman–Crippen MR) is 64.8 cm³/mol. The summed E-state index contributed by atoms with van der Waals surface area (Å²) in [5.41, 5.74) is 1.73. The maximum absolute atomic E-state index is 11.3. The number of para-hydroxylation sites is 1. The van der Waals surface area contributed by atoms with Crippen LogP contribution in [0, 0.1) is 0 Å². The Hall–Kier alpha value is -1.59. The lowest BCUT2D eigenvalue weighted by atomic mass is 10.0. The molecule has 2 N–H and O–H groups in total. The minimum Gasteiger partial charge on any atom is -0.481 e. The SMILES string of the molecule is O=C(O)C1CN(C2COCC2O)c2ccccc21. The number of anilines is 1. The molecule has 2 heterocycles. The van der Waals surface area contributed by atoms with Gasteiger partial charge in [0.1, 0.15) is 5.92 Å². The van der Waals surface area contributed by atoms with Gasteiger partial charge in [-0.3, -0.25) is 4.79 Å². The van der Waals surface area contributed by atoms with E-state index in [1.54, 1.807) is 0 Å². The maximum Gasteiger partial charge on any atom is 0.312 e. The van der Waals surface area contributed by atoms with Crippen molar-refractivity contribution in [3.63, 3.8) is 0 Å². The Morgan fingerprint density at radius 3 is 2.78 bits per heavy atom. The number of ether oxygens (including phenoxy) is 1. The van der Waals surface area contributed by atoms with Crippen molar-refractivity contribution >= 4 is 11.7 Å². The van der Waals surface area contributed by atoms with Crippen LogP contribution >= 0.6 is 0 Å². The third-order valence-electron chi connectivity index (χ3n) is 3.72. The monoisotopic (exact) mass is 249 g/mol. The molecule has 1 saturated heterocycles. The van der Waals surface area contributed by atoms with E-state index in [1.807, 2.05) is 29.2 Å². The highest BCUT2D eigenvalue weighted by molar-refractivity contribution is 5.83. The molecule has 3 atom stereocenters. The molecule has 0 saturated carbocycles. The second-order valence-corrected chi connectivity index (χ2v) is 4.77. The molecule has 0 amide bonds. The normalized spacial score (nSPS) is 30.5. The fourth-order valence-electron chi connectivity index (χ4n) is 2.79. The van der Waals surface area contributed by atoms with Crippen molar-refractivity contribution in [3.05, 3.63) is 29.8 Å². The first kappa shape index (κ1) is 11.5. The molecule has 0 aromatic heterocycles. The van der Waals surface area contributed by atoms with E-state index >= 15 is 0 Å². The summed E-state index contributed by atoms with van der Waals surface area (Å²) >= 11 is 0. The zero-order valence-electron chi connectivity index (χ0n) is 9.82. The average molecular weight is 249 g/mol. The molecule has 3 unspecified atom stereocenters. The van der Waals surface area contributed by atoms with Gasteiger partial charge in [-0.25, -0.2) is 0 Å². The highest BCUT2D eigenvalue weighted by atomic mass is 16.5. The Labute approximate surface area is 105 Å². The molecular weight excluding hydrogens is 234 g/mol. The Morgan fingerprint density at radius 1 is 1.33 bits per heavy atom. The van der Waals surface area contributed by atoms with Crippen LogP contribution in [-0.2, 0) is 9.53 Å². The van der Waals surface area contributed by atoms with Gasteiger partial charge in [-0.15, -0.1) is 0 Å². The fraction of sp³-hybridized carbons (Fsp3) is 0.462. The van der Waals surface area contributed by atoms with Crippen LogP contribution in [0.1, 0.15) is 11.5 Å². The second kappa shape index (κ2) is 4.26. The van der Waals surface area contributed by atoms with Crippen LogP contribution in [-0.4, -0.2) is 48.1 Å². The lowest BCUT2D eigenvalue weighted by molar-refractivity contribution is -0.138. The number of nitrogens with zero attached hydrogens (tertiary/aromatic N) is 1. The molecule has 1 aromatic rings. The number of carbonyl (C=O) groups is 1. The number of hydrogen-bond donors (Lipinski definition) is 2. The second-order valence-electron chi connectivity index (χ2n) is 4.77. The fourth-order valence-corrected chi connectivity index (χ4v) is 2.79. The van der Waals surface area contributed by atoms with Crippen LogP contribution in [0.25, 0.3) is 0 Å². The van der Waals surface area contributed by atoms with Gasteiger partial charge in [0.05, 0.1) is 25.4 Å². The zero-order valence-corrected chi connectivity index (χ0v) is 9.82. The van der Waals surface area contributed by atoms with Crippen molar-refractivity contribution in [2.45, 2.75) is 18.1 Å². The van der Waals surface area contributed by atoms with Gasteiger partial charge in [-0.2, -0.15) is 0 Å². The number of rotatable bonds is 2. The molecule has 0 spiro atoms. The van der Waals surface area contributed by atoms with E-state index in [1.165, 1.54) is 0 Å². The molecule has 3 rings (SSSR count). The first-order valence-corrected chi connectivity index (χ1v) is 6.02. The summed E-state index contributed by atoms with van der Waals surface area (Å²) in [6, 6.07) is 7.34. The molecule has 2 aliphatic rings. The number of carboxylic acid groups (broad SMARTS) is 1. The molecule has 5 nitrogen and oxygen atoms in total. The number of aliphatic hydroxyl groups excluding tert-OH is 1. The van der Waals surface area contributed by atoms with Gasteiger partial charge in [0.15, 0.2) is 0 Å². The minimum absolute atomic E-state index is 0.143. The minimum atomic E-state index is -0.821. The Bertz CT molecular complexity index is 476. The summed E-state index contributed by atoms with van der Waals surface area (Å²) < 4.78 is 5.25. The highest BCUT2D eigenvalue weighted by Gasteiger charge is 2.40.